The van der Waals surface area contributed by atoms with Crippen molar-refractivity contribution in [1.82, 2.24) is 20.1 Å². The van der Waals surface area contributed by atoms with E-state index in [-0.39, 0.29) is 0 Å². The highest BCUT2D eigenvalue weighted by Gasteiger charge is 2.18. The molecule has 4 rings (SSSR count). The Bertz CT molecular complexity index is 792. The Labute approximate surface area is 140 Å². The maximum Gasteiger partial charge on any atom is 0.191 e. The van der Waals surface area contributed by atoms with E-state index in [1.54, 1.807) is 11.8 Å². The Hall–Kier alpha value is -1.85. The van der Waals surface area contributed by atoms with Crippen molar-refractivity contribution in [3.8, 4) is 0 Å². The summed E-state index contributed by atoms with van der Waals surface area (Å²) in [6, 6.07) is 15.7. The maximum atomic E-state index is 4.32. The number of benzene rings is 2. The fourth-order valence-corrected chi connectivity index (χ4v) is 4.07. The standard InChI is InChI=1S/C18H20N4S/c1-2-4-16-11-14(5-6-15(16)3-1)12-23-18-21-20-13-22(18)17-7-9-19-10-8-17/h1-6,11,13,17,19H,7-10,12H2. The van der Waals surface area contributed by atoms with Crippen LogP contribution < -0.4 is 5.32 Å². The summed E-state index contributed by atoms with van der Waals surface area (Å²) in [5, 5.41) is 15.5. The number of hydrogen-bond donors (Lipinski definition) is 1. The number of piperidine rings is 1. The van der Waals surface area contributed by atoms with E-state index < -0.39 is 0 Å². The van der Waals surface area contributed by atoms with Gasteiger partial charge in [-0.2, -0.15) is 0 Å². The number of nitrogens with one attached hydrogen (secondary N) is 1. The molecular formula is C18H20N4S. The van der Waals surface area contributed by atoms with Gasteiger partial charge in [0.15, 0.2) is 5.16 Å². The number of rotatable bonds is 4. The number of aromatic nitrogens is 3. The molecule has 4 nitrogen and oxygen atoms in total. The Balaban J connectivity index is 1.49. The largest absolute Gasteiger partial charge is 0.317 e. The van der Waals surface area contributed by atoms with Gasteiger partial charge in [0, 0.05) is 11.8 Å². The minimum absolute atomic E-state index is 0.533. The zero-order chi connectivity index (χ0) is 15.5. The normalized spacial score (nSPS) is 16.0. The van der Waals surface area contributed by atoms with Crippen molar-refractivity contribution in [2.75, 3.05) is 13.1 Å². The van der Waals surface area contributed by atoms with E-state index in [4.69, 9.17) is 0 Å². The molecule has 0 atom stereocenters. The SMILES string of the molecule is c1ccc2cc(CSc3nncn3C3CCNCC3)ccc2c1. The summed E-state index contributed by atoms with van der Waals surface area (Å²) in [6.45, 7) is 2.16. The summed E-state index contributed by atoms with van der Waals surface area (Å²) in [5.41, 5.74) is 1.33. The molecule has 1 fully saturated rings. The first-order valence-corrected chi connectivity index (χ1v) is 9.09. The third-order valence-electron chi connectivity index (χ3n) is 4.42. The molecule has 0 aliphatic carbocycles. The molecule has 0 spiro atoms. The van der Waals surface area contributed by atoms with Gasteiger partial charge in [0.1, 0.15) is 6.33 Å². The Kier molecular flexibility index (Phi) is 4.30. The lowest BCUT2D eigenvalue weighted by atomic mass is 10.1. The van der Waals surface area contributed by atoms with Crippen molar-refractivity contribution in [3.05, 3.63) is 54.4 Å². The molecule has 5 heteroatoms. The smallest absolute Gasteiger partial charge is 0.191 e. The van der Waals surface area contributed by atoms with E-state index in [1.165, 1.54) is 16.3 Å². The first-order chi connectivity index (χ1) is 11.4. The molecule has 118 valence electrons. The molecule has 0 unspecified atom stereocenters. The van der Waals surface area contributed by atoms with Gasteiger partial charge in [-0.1, -0.05) is 54.2 Å². The average Bonchev–Trinajstić information content (AvgIpc) is 3.09. The summed E-state index contributed by atoms with van der Waals surface area (Å²) < 4.78 is 2.26. The zero-order valence-corrected chi connectivity index (χ0v) is 13.8. The van der Waals surface area contributed by atoms with Gasteiger partial charge in [-0.05, 0) is 42.3 Å². The van der Waals surface area contributed by atoms with Gasteiger partial charge in [-0.15, -0.1) is 10.2 Å². The van der Waals surface area contributed by atoms with Crippen LogP contribution in [0, 0.1) is 0 Å². The molecule has 0 bridgehead atoms. The highest BCUT2D eigenvalue weighted by molar-refractivity contribution is 7.98. The predicted molar refractivity (Wildman–Crippen MR) is 94.7 cm³/mol. The van der Waals surface area contributed by atoms with Crippen molar-refractivity contribution in [2.45, 2.75) is 29.8 Å². The summed E-state index contributed by atoms with van der Waals surface area (Å²) in [4.78, 5) is 0. The van der Waals surface area contributed by atoms with Gasteiger partial charge in [0.2, 0.25) is 0 Å². The van der Waals surface area contributed by atoms with E-state index in [1.807, 2.05) is 6.33 Å². The molecule has 1 aliphatic rings. The molecule has 2 aromatic carbocycles. The van der Waals surface area contributed by atoms with Crippen LogP contribution in [0.5, 0.6) is 0 Å². The van der Waals surface area contributed by atoms with Gasteiger partial charge >= 0.3 is 0 Å². The van der Waals surface area contributed by atoms with Crippen LogP contribution in [0.3, 0.4) is 0 Å². The zero-order valence-electron chi connectivity index (χ0n) is 13.0. The van der Waals surface area contributed by atoms with Gasteiger partial charge < -0.3 is 9.88 Å². The van der Waals surface area contributed by atoms with Crippen molar-refractivity contribution in [3.63, 3.8) is 0 Å². The average molecular weight is 324 g/mol. The maximum absolute atomic E-state index is 4.32. The Morgan fingerprint density at radius 2 is 1.91 bits per heavy atom. The van der Waals surface area contributed by atoms with Gasteiger partial charge in [-0.3, -0.25) is 0 Å². The second kappa shape index (κ2) is 6.72. The molecule has 23 heavy (non-hydrogen) atoms. The number of fused-ring (bicyclic) bond motifs is 1. The molecule has 2 heterocycles. The van der Waals surface area contributed by atoms with E-state index >= 15 is 0 Å². The molecule has 3 aromatic rings. The van der Waals surface area contributed by atoms with E-state index in [2.05, 4.69) is 62.5 Å². The number of nitrogens with zero attached hydrogens (tertiary/aromatic N) is 3. The lowest BCUT2D eigenvalue weighted by molar-refractivity contribution is 0.350. The minimum atomic E-state index is 0.533. The fraction of sp³-hybridized carbons (Fsp3) is 0.333. The summed E-state index contributed by atoms with van der Waals surface area (Å²) in [6.07, 6.45) is 4.20. The lowest BCUT2D eigenvalue weighted by Gasteiger charge is -2.24. The molecule has 0 saturated carbocycles. The van der Waals surface area contributed by atoms with Crippen LogP contribution in [0.1, 0.15) is 24.4 Å². The third kappa shape index (κ3) is 3.26. The monoisotopic (exact) mass is 324 g/mol. The van der Waals surface area contributed by atoms with Crippen LogP contribution in [0.15, 0.2) is 53.9 Å². The van der Waals surface area contributed by atoms with E-state index in [0.717, 1.165) is 36.8 Å². The Morgan fingerprint density at radius 3 is 2.78 bits per heavy atom. The van der Waals surface area contributed by atoms with E-state index in [0.29, 0.717) is 6.04 Å². The van der Waals surface area contributed by atoms with Crippen LogP contribution in [-0.4, -0.2) is 27.9 Å². The van der Waals surface area contributed by atoms with Crippen molar-refractivity contribution in [1.29, 1.82) is 0 Å². The molecule has 1 N–H and O–H groups in total. The van der Waals surface area contributed by atoms with Crippen molar-refractivity contribution in [2.24, 2.45) is 0 Å². The predicted octanol–water partition coefficient (Wildman–Crippen LogP) is 3.65. The molecule has 0 amide bonds. The molecule has 1 saturated heterocycles. The van der Waals surface area contributed by atoms with Crippen LogP contribution in [0.4, 0.5) is 0 Å². The van der Waals surface area contributed by atoms with Gasteiger partial charge in [0.25, 0.3) is 0 Å². The lowest BCUT2D eigenvalue weighted by Crippen LogP contribution is -2.29. The summed E-state index contributed by atoms with van der Waals surface area (Å²) in [5.74, 6) is 0.925. The summed E-state index contributed by atoms with van der Waals surface area (Å²) in [7, 11) is 0. The summed E-state index contributed by atoms with van der Waals surface area (Å²) >= 11 is 1.78. The van der Waals surface area contributed by atoms with Crippen molar-refractivity contribution < 1.29 is 0 Å². The highest BCUT2D eigenvalue weighted by atomic mass is 32.2. The first-order valence-electron chi connectivity index (χ1n) is 8.11. The number of hydrogen-bond acceptors (Lipinski definition) is 4. The molecular weight excluding hydrogens is 304 g/mol. The van der Waals surface area contributed by atoms with Crippen LogP contribution in [0.25, 0.3) is 10.8 Å². The quantitative estimate of drug-likeness (QED) is 0.744. The fourth-order valence-electron chi connectivity index (χ4n) is 3.15. The Morgan fingerprint density at radius 1 is 1.09 bits per heavy atom. The third-order valence-corrected chi connectivity index (χ3v) is 5.45. The number of thioether (sulfide) groups is 1. The second-order valence-corrected chi connectivity index (χ2v) is 6.91. The molecule has 0 radical (unpaired) electrons. The first kappa shape index (κ1) is 14.7. The minimum Gasteiger partial charge on any atom is -0.317 e. The van der Waals surface area contributed by atoms with Crippen LogP contribution in [0.2, 0.25) is 0 Å². The molecule has 1 aromatic heterocycles. The van der Waals surface area contributed by atoms with Gasteiger partial charge in [0.05, 0.1) is 0 Å². The van der Waals surface area contributed by atoms with Crippen LogP contribution >= 0.6 is 11.8 Å². The molecule has 1 aliphatic heterocycles. The van der Waals surface area contributed by atoms with Gasteiger partial charge in [-0.25, -0.2) is 0 Å². The second-order valence-electron chi connectivity index (χ2n) is 5.97. The topological polar surface area (TPSA) is 42.7 Å². The highest BCUT2D eigenvalue weighted by Crippen LogP contribution is 2.28. The van der Waals surface area contributed by atoms with Crippen LogP contribution in [-0.2, 0) is 5.75 Å². The van der Waals surface area contributed by atoms with E-state index in [9.17, 15) is 0 Å². The van der Waals surface area contributed by atoms with Crippen molar-refractivity contribution >= 4 is 22.5 Å².